The number of hydrogen-bond acceptors (Lipinski definition) is 4. The quantitative estimate of drug-likeness (QED) is 0.562. The lowest BCUT2D eigenvalue weighted by atomic mass is 9.76. The Bertz CT molecular complexity index is 548. The van der Waals surface area contributed by atoms with Crippen molar-refractivity contribution >= 4 is 15.9 Å². The number of ether oxygens (including phenoxy) is 1. The summed E-state index contributed by atoms with van der Waals surface area (Å²) in [6.45, 7) is 4.13. The van der Waals surface area contributed by atoms with Crippen molar-refractivity contribution in [1.29, 1.82) is 0 Å². The van der Waals surface area contributed by atoms with E-state index in [1.165, 1.54) is 19.3 Å². The number of aliphatic hydroxyl groups is 2. The van der Waals surface area contributed by atoms with Crippen molar-refractivity contribution in [3.05, 3.63) is 22.2 Å². The number of aromatic hydroxyl groups is 1. The van der Waals surface area contributed by atoms with Crippen LogP contribution in [-0.2, 0) is 0 Å². The number of hydrogen-bond donors (Lipinski definition) is 3. The SMILES string of the molecule is CCCCCCC[C@@]1(C)Oc2cc(O)c(Br)cc2[C@@H](CCO)[C@@H]1O. The second-order valence-electron chi connectivity index (χ2n) is 6.98. The van der Waals surface area contributed by atoms with E-state index in [1.54, 1.807) is 12.1 Å². The summed E-state index contributed by atoms with van der Waals surface area (Å²) in [6, 6.07) is 3.39. The summed E-state index contributed by atoms with van der Waals surface area (Å²) in [6.07, 6.45) is 6.32. The summed E-state index contributed by atoms with van der Waals surface area (Å²) in [7, 11) is 0. The van der Waals surface area contributed by atoms with Crippen LogP contribution < -0.4 is 4.74 Å². The second kappa shape index (κ2) is 8.54. The van der Waals surface area contributed by atoms with E-state index in [-0.39, 0.29) is 18.3 Å². The Morgan fingerprint density at radius 1 is 1.21 bits per heavy atom. The minimum Gasteiger partial charge on any atom is -0.507 e. The molecule has 1 aromatic rings. The fraction of sp³-hybridized carbons (Fsp3) is 0.684. The van der Waals surface area contributed by atoms with Crippen molar-refractivity contribution in [3.63, 3.8) is 0 Å². The number of aliphatic hydroxyl groups excluding tert-OH is 2. The molecule has 0 radical (unpaired) electrons. The maximum absolute atomic E-state index is 10.9. The van der Waals surface area contributed by atoms with E-state index in [1.807, 2.05) is 6.92 Å². The van der Waals surface area contributed by atoms with Crippen LogP contribution in [0.4, 0.5) is 0 Å². The summed E-state index contributed by atoms with van der Waals surface area (Å²) in [5.74, 6) is 0.532. The van der Waals surface area contributed by atoms with Gasteiger partial charge in [0.15, 0.2) is 0 Å². The fourth-order valence-corrected chi connectivity index (χ4v) is 3.94. The van der Waals surface area contributed by atoms with Crippen molar-refractivity contribution in [1.82, 2.24) is 0 Å². The molecule has 0 bridgehead atoms. The number of halogens is 1. The van der Waals surface area contributed by atoms with Crippen LogP contribution in [0.3, 0.4) is 0 Å². The van der Waals surface area contributed by atoms with Gasteiger partial charge in [0, 0.05) is 24.2 Å². The lowest BCUT2D eigenvalue weighted by Gasteiger charge is -2.44. The van der Waals surface area contributed by atoms with Gasteiger partial charge in [-0.05, 0) is 48.2 Å². The van der Waals surface area contributed by atoms with Crippen LogP contribution in [0.25, 0.3) is 0 Å². The minimum atomic E-state index is -0.695. The van der Waals surface area contributed by atoms with E-state index in [2.05, 4.69) is 22.9 Å². The monoisotopic (exact) mass is 400 g/mol. The Hall–Kier alpha value is -0.780. The molecule has 3 atom stereocenters. The third-order valence-electron chi connectivity index (χ3n) is 5.05. The molecule has 1 aromatic carbocycles. The largest absolute Gasteiger partial charge is 0.507 e. The highest BCUT2D eigenvalue weighted by Gasteiger charge is 2.45. The maximum Gasteiger partial charge on any atom is 0.133 e. The van der Waals surface area contributed by atoms with E-state index in [0.29, 0.717) is 16.6 Å². The van der Waals surface area contributed by atoms with Gasteiger partial charge in [-0.2, -0.15) is 0 Å². The van der Waals surface area contributed by atoms with Crippen LogP contribution in [0, 0.1) is 0 Å². The van der Waals surface area contributed by atoms with Crippen LogP contribution in [0.5, 0.6) is 11.5 Å². The molecule has 1 heterocycles. The molecule has 1 aliphatic heterocycles. The van der Waals surface area contributed by atoms with Crippen LogP contribution in [-0.4, -0.2) is 33.6 Å². The van der Waals surface area contributed by atoms with Crippen molar-refractivity contribution in [3.8, 4) is 11.5 Å². The Labute approximate surface area is 153 Å². The van der Waals surface area contributed by atoms with Gasteiger partial charge in [-0.25, -0.2) is 0 Å². The van der Waals surface area contributed by atoms with Gasteiger partial charge in [-0.3, -0.25) is 0 Å². The van der Waals surface area contributed by atoms with Crippen LogP contribution in [0.1, 0.15) is 70.3 Å². The van der Waals surface area contributed by atoms with E-state index in [0.717, 1.165) is 24.8 Å². The Morgan fingerprint density at radius 2 is 1.92 bits per heavy atom. The lowest BCUT2D eigenvalue weighted by Crippen LogP contribution is -2.51. The third-order valence-corrected chi connectivity index (χ3v) is 5.68. The average Bonchev–Trinajstić information content (AvgIpc) is 2.54. The molecule has 1 aliphatic rings. The molecule has 0 fully saturated rings. The van der Waals surface area contributed by atoms with Gasteiger partial charge in [-0.15, -0.1) is 0 Å². The van der Waals surface area contributed by atoms with Crippen molar-refractivity contribution < 1.29 is 20.1 Å². The maximum atomic E-state index is 10.9. The first-order valence-corrected chi connectivity index (χ1v) is 9.72. The molecule has 0 spiro atoms. The molecule has 4 nitrogen and oxygen atoms in total. The Morgan fingerprint density at radius 3 is 2.58 bits per heavy atom. The van der Waals surface area contributed by atoms with E-state index in [4.69, 9.17) is 4.74 Å². The third kappa shape index (κ3) is 4.24. The predicted molar refractivity (Wildman–Crippen MR) is 98.7 cm³/mol. The van der Waals surface area contributed by atoms with Gasteiger partial charge < -0.3 is 20.1 Å². The van der Waals surface area contributed by atoms with Crippen molar-refractivity contribution in [2.24, 2.45) is 0 Å². The fourth-order valence-electron chi connectivity index (χ4n) is 3.57. The van der Waals surface area contributed by atoms with E-state index >= 15 is 0 Å². The highest BCUT2D eigenvalue weighted by Crippen LogP contribution is 2.47. The molecule has 3 N–H and O–H groups in total. The summed E-state index contributed by atoms with van der Waals surface area (Å²) in [5, 5.41) is 30.3. The lowest BCUT2D eigenvalue weighted by molar-refractivity contribution is -0.0794. The Balaban J connectivity index is 2.20. The number of rotatable bonds is 8. The average molecular weight is 401 g/mol. The molecule has 0 saturated carbocycles. The standard InChI is InChI=1S/C19H29BrO4/c1-3-4-5-6-7-9-19(2)18(23)13(8-10-21)14-11-15(20)16(22)12-17(14)24-19/h11-13,18,21-23H,3-10H2,1-2H3/t13-,18+,19-/m1/s1. The summed E-state index contributed by atoms with van der Waals surface area (Å²) >= 11 is 3.32. The van der Waals surface area contributed by atoms with Crippen LogP contribution in [0.15, 0.2) is 16.6 Å². The first-order valence-electron chi connectivity index (χ1n) is 8.93. The first-order chi connectivity index (χ1) is 11.4. The highest BCUT2D eigenvalue weighted by atomic mass is 79.9. The molecule has 136 valence electrons. The molecule has 5 heteroatoms. The predicted octanol–water partition coefficient (Wildman–Crippen LogP) is 4.49. The number of unbranched alkanes of at least 4 members (excludes halogenated alkanes) is 4. The Kier molecular flexibility index (Phi) is 6.96. The highest BCUT2D eigenvalue weighted by molar-refractivity contribution is 9.10. The summed E-state index contributed by atoms with van der Waals surface area (Å²) < 4.78 is 6.71. The number of fused-ring (bicyclic) bond motifs is 1. The number of phenolic OH excluding ortho intramolecular Hbond substituents is 1. The topological polar surface area (TPSA) is 69.9 Å². The van der Waals surface area contributed by atoms with Crippen LogP contribution in [0.2, 0.25) is 0 Å². The summed E-state index contributed by atoms with van der Waals surface area (Å²) in [5.41, 5.74) is 0.143. The van der Waals surface area contributed by atoms with Gasteiger partial charge >= 0.3 is 0 Å². The van der Waals surface area contributed by atoms with Gasteiger partial charge in [0.25, 0.3) is 0 Å². The number of benzene rings is 1. The molecule has 0 aliphatic carbocycles. The molecule has 2 rings (SSSR count). The smallest absolute Gasteiger partial charge is 0.133 e. The van der Waals surface area contributed by atoms with Gasteiger partial charge in [0.2, 0.25) is 0 Å². The van der Waals surface area contributed by atoms with Crippen molar-refractivity contribution in [2.75, 3.05) is 6.61 Å². The molecule has 0 saturated heterocycles. The van der Waals surface area contributed by atoms with E-state index in [9.17, 15) is 15.3 Å². The minimum absolute atomic E-state index is 0.00619. The molecular weight excluding hydrogens is 372 g/mol. The molecular formula is C19H29BrO4. The first kappa shape index (κ1) is 19.5. The van der Waals surface area contributed by atoms with Gasteiger partial charge in [0.1, 0.15) is 23.2 Å². The van der Waals surface area contributed by atoms with Crippen molar-refractivity contribution in [2.45, 2.75) is 76.4 Å². The summed E-state index contributed by atoms with van der Waals surface area (Å²) in [4.78, 5) is 0. The zero-order chi connectivity index (χ0) is 17.7. The van der Waals surface area contributed by atoms with Gasteiger partial charge in [0.05, 0.1) is 4.47 Å². The van der Waals surface area contributed by atoms with Crippen LogP contribution >= 0.6 is 15.9 Å². The second-order valence-corrected chi connectivity index (χ2v) is 7.84. The van der Waals surface area contributed by atoms with E-state index < -0.39 is 11.7 Å². The molecule has 24 heavy (non-hydrogen) atoms. The molecule has 0 amide bonds. The zero-order valence-corrected chi connectivity index (χ0v) is 16.2. The number of phenols is 1. The zero-order valence-electron chi connectivity index (χ0n) is 14.6. The normalized spacial score (nSPS) is 26.0. The molecule has 0 aromatic heterocycles. The van der Waals surface area contributed by atoms with Gasteiger partial charge in [-0.1, -0.05) is 32.6 Å². The molecule has 0 unspecified atom stereocenters.